The number of nitrogens with one attached hydrogen (secondary N) is 1. The molecule has 2 aromatic carbocycles. The van der Waals surface area contributed by atoms with Crippen LogP contribution in [-0.2, 0) is 0 Å². The number of fused-ring (bicyclic) bond motifs is 1. The predicted molar refractivity (Wildman–Crippen MR) is 96.0 cm³/mol. The average Bonchev–Trinajstić information content (AvgIpc) is 2.57. The maximum absolute atomic E-state index is 12.4. The summed E-state index contributed by atoms with van der Waals surface area (Å²) in [6, 6.07) is 10.4. The van der Waals surface area contributed by atoms with Gasteiger partial charge >= 0.3 is 5.63 Å². The molecule has 3 rings (SSSR count). The fourth-order valence-electron chi connectivity index (χ4n) is 2.45. The van der Waals surface area contributed by atoms with E-state index in [0.717, 1.165) is 0 Å². The van der Waals surface area contributed by atoms with E-state index in [4.69, 9.17) is 9.15 Å². The Labute approximate surface area is 148 Å². The number of benzene rings is 2. The van der Waals surface area contributed by atoms with Crippen LogP contribution in [0.1, 0.15) is 24.2 Å². The van der Waals surface area contributed by atoms with E-state index in [1.807, 2.05) is 13.8 Å². The fourth-order valence-corrected chi connectivity index (χ4v) is 2.45. The van der Waals surface area contributed by atoms with E-state index in [0.29, 0.717) is 5.75 Å². The lowest BCUT2D eigenvalue weighted by atomic mass is 10.1. The number of hydrogen-bond donors (Lipinski definition) is 3. The highest BCUT2D eigenvalue weighted by Gasteiger charge is 2.18. The Balaban J connectivity index is 1.95. The largest absolute Gasteiger partial charge is 0.508 e. The van der Waals surface area contributed by atoms with Crippen LogP contribution in [-0.4, -0.2) is 22.2 Å². The van der Waals surface area contributed by atoms with Gasteiger partial charge < -0.3 is 24.7 Å². The van der Waals surface area contributed by atoms with Crippen LogP contribution < -0.4 is 15.7 Å². The maximum Gasteiger partial charge on any atom is 0.364 e. The lowest BCUT2D eigenvalue weighted by molar-refractivity contribution is 0.102. The van der Waals surface area contributed by atoms with Crippen molar-refractivity contribution in [3.8, 4) is 17.2 Å². The van der Waals surface area contributed by atoms with Crippen LogP contribution in [0.5, 0.6) is 17.2 Å². The molecule has 0 aliphatic heterocycles. The van der Waals surface area contributed by atoms with Gasteiger partial charge in [-0.1, -0.05) is 6.07 Å². The van der Waals surface area contributed by atoms with Crippen LogP contribution in [0.25, 0.3) is 11.0 Å². The lowest BCUT2D eigenvalue weighted by Gasteiger charge is -2.11. The van der Waals surface area contributed by atoms with Crippen molar-refractivity contribution in [2.45, 2.75) is 20.0 Å². The zero-order valence-electron chi connectivity index (χ0n) is 14.1. The predicted octanol–water partition coefficient (Wildman–Crippen LogP) is 3.24. The zero-order valence-corrected chi connectivity index (χ0v) is 14.1. The minimum Gasteiger partial charge on any atom is -0.508 e. The minimum absolute atomic E-state index is 0.0119. The number of aromatic hydroxyl groups is 2. The molecule has 1 aromatic heterocycles. The Morgan fingerprint density at radius 2 is 1.92 bits per heavy atom. The number of amides is 1. The summed E-state index contributed by atoms with van der Waals surface area (Å²) >= 11 is 0. The third-order valence-corrected chi connectivity index (χ3v) is 3.57. The normalized spacial score (nSPS) is 10.9. The molecule has 0 fully saturated rings. The van der Waals surface area contributed by atoms with Gasteiger partial charge in [-0.3, -0.25) is 4.79 Å². The summed E-state index contributed by atoms with van der Waals surface area (Å²) in [5.41, 5.74) is -1.03. The molecular weight excluding hydrogens is 338 g/mol. The Hall–Kier alpha value is -3.48. The summed E-state index contributed by atoms with van der Waals surface area (Å²) in [5, 5.41) is 22.3. The lowest BCUT2D eigenvalue weighted by Crippen LogP contribution is -2.18. The summed E-state index contributed by atoms with van der Waals surface area (Å²) in [5.74, 6) is -0.629. The Kier molecular flexibility index (Phi) is 4.53. The molecule has 134 valence electrons. The van der Waals surface area contributed by atoms with E-state index >= 15 is 0 Å². The number of carbonyl (C=O) groups is 1. The molecule has 0 unspecified atom stereocenters. The molecule has 0 saturated heterocycles. The molecule has 26 heavy (non-hydrogen) atoms. The number of hydrogen-bond acceptors (Lipinski definition) is 6. The standard InChI is InChI=1S/C19H17NO6/c1-10(2)25-13-5-3-4-11(8-13)18(23)20-16-17(22)14-7-6-12(21)9-15(14)26-19(16)24/h3-10,21-22H,1-2H3,(H,20,23). The van der Waals surface area contributed by atoms with Gasteiger partial charge in [0.25, 0.3) is 5.91 Å². The van der Waals surface area contributed by atoms with E-state index in [1.54, 1.807) is 18.2 Å². The van der Waals surface area contributed by atoms with Gasteiger partial charge in [0.15, 0.2) is 11.4 Å². The summed E-state index contributed by atoms with van der Waals surface area (Å²) in [4.78, 5) is 24.5. The average molecular weight is 355 g/mol. The van der Waals surface area contributed by atoms with E-state index in [1.165, 1.54) is 24.3 Å². The third-order valence-electron chi connectivity index (χ3n) is 3.57. The molecule has 0 radical (unpaired) electrons. The van der Waals surface area contributed by atoms with Gasteiger partial charge in [0.2, 0.25) is 0 Å². The van der Waals surface area contributed by atoms with Gasteiger partial charge in [0.1, 0.15) is 17.1 Å². The van der Waals surface area contributed by atoms with Gasteiger partial charge in [0, 0.05) is 11.6 Å². The topological polar surface area (TPSA) is 109 Å². The number of phenolic OH excluding ortho intramolecular Hbond substituents is 1. The van der Waals surface area contributed by atoms with Crippen molar-refractivity contribution >= 4 is 22.6 Å². The van der Waals surface area contributed by atoms with Crippen LogP contribution in [0.3, 0.4) is 0 Å². The van der Waals surface area contributed by atoms with Gasteiger partial charge in [-0.25, -0.2) is 4.79 Å². The minimum atomic E-state index is -0.927. The molecule has 3 N–H and O–H groups in total. The Bertz CT molecular complexity index is 1040. The summed E-state index contributed by atoms with van der Waals surface area (Å²) < 4.78 is 10.6. The third kappa shape index (κ3) is 3.46. The first-order valence-corrected chi connectivity index (χ1v) is 7.92. The number of carbonyl (C=O) groups excluding carboxylic acids is 1. The second-order valence-electron chi connectivity index (χ2n) is 5.94. The van der Waals surface area contributed by atoms with Gasteiger partial charge in [0.05, 0.1) is 11.5 Å². The molecule has 0 aliphatic carbocycles. The fraction of sp³-hybridized carbons (Fsp3) is 0.158. The quantitative estimate of drug-likeness (QED) is 0.620. The van der Waals surface area contributed by atoms with Gasteiger partial charge in [-0.15, -0.1) is 0 Å². The zero-order chi connectivity index (χ0) is 18.8. The second-order valence-corrected chi connectivity index (χ2v) is 5.94. The van der Waals surface area contributed by atoms with Crippen LogP contribution in [0, 0.1) is 0 Å². The van der Waals surface area contributed by atoms with Crippen molar-refractivity contribution in [3.63, 3.8) is 0 Å². The molecule has 0 aliphatic rings. The highest BCUT2D eigenvalue weighted by Crippen LogP contribution is 2.31. The molecule has 1 heterocycles. The number of anilines is 1. The molecule has 1 amide bonds. The molecule has 0 bridgehead atoms. The molecule has 7 nitrogen and oxygen atoms in total. The Morgan fingerprint density at radius 3 is 2.65 bits per heavy atom. The number of rotatable bonds is 4. The van der Waals surface area contributed by atoms with Crippen molar-refractivity contribution in [3.05, 3.63) is 58.4 Å². The van der Waals surface area contributed by atoms with Crippen molar-refractivity contribution in [1.29, 1.82) is 0 Å². The monoisotopic (exact) mass is 355 g/mol. The smallest absolute Gasteiger partial charge is 0.364 e. The highest BCUT2D eigenvalue weighted by molar-refractivity contribution is 6.06. The first-order chi connectivity index (χ1) is 12.3. The number of phenols is 1. The van der Waals surface area contributed by atoms with Crippen LogP contribution in [0.15, 0.2) is 51.7 Å². The van der Waals surface area contributed by atoms with Gasteiger partial charge in [-0.05, 0) is 44.2 Å². The summed E-state index contributed by atoms with van der Waals surface area (Å²) in [7, 11) is 0. The van der Waals surface area contributed by atoms with Crippen molar-refractivity contribution in [1.82, 2.24) is 0 Å². The molecule has 0 spiro atoms. The number of ether oxygens (including phenoxy) is 1. The van der Waals surface area contributed by atoms with Crippen LogP contribution in [0.2, 0.25) is 0 Å². The van der Waals surface area contributed by atoms with Crippen LogP contribution in [0.4, 0.5) is 5.69 Å². The van der Waals surface area contributed by atoms with Crippen molar-refractivity contribution in [2.24, 2.45) is 0 Å². The first kappa shape index (κ1) is 17.3. The van der Waals surface area contributed by atoms with E-state index in [2.05, 4.69) is 5.32 Å². The Morgan fingerprint density at radius 1 is 1.15 bits per heavy atom. The van der Waals surface area contributed by atoms with E-state index < -0.39 is 17.3 Å². The molecule has 0 atom stereocenters. The van der Waals surface area contributed by atoms with Crippen LogP contribution >= 0.6 is 0 Å². The van der Waals surface area contributed by atoms with E-state index in [9.17, 15) is 19.8 Å². The van der Waals surface area contributed by atoms with Gasteiger partial charge in [-0.2, -0.15) is 0 Å². The molecular formula is C19H17NO6. The SMILES string of the molecule is CC(C)Oc1cccc(C(=O)Nc2c(O)c3ccc(O)cc3oc2=O)c1. The van der Waals surface area contributed by atoms with Crippen molar-refractivity contribution < 1.29 is 24.2 Å². The van der Waals surface area contributed by atoms with E-state index in [-0.39, 0.29) is 34.1 Å². The summed E-state index contributed by atoms with van der Waals surface area (Å²) in [6.45, 7) is 3.73. The highest BCUT2D eigenvalue weighted by atomic mass is 16.5. The molecule has 3 aromatic rings. The maximum atomic E-state index is 12.4. The summed E-state index contributed by atoms with van der Waals surface area (Å²) in [6.07, 6.45) is -0.0543. The first-order valence-electron chi connectivity index (χ1n) is 7.92. The molecule has 0 saturated carbocycles. The second kappa shape index (κ2) is 6.79. The van der Waals surface area contributed by atoms with Crippen molar-refractivity contribution in [2.75, 3.05) is 5.32 Å². The molecule has 7 heteroatoms.